The van der Waals surface area contributed by atoms with Gasteiger partial charge in [-0.05, 0) is 28.8 Å². The molecule has 1 heterocycles. The number of hydrogen-bond donors (Lipinski definition) is 0. The highest BCUT2D eigenvalue weighted by Crippen LogP contribution is 2.25. The Labute approximate surface area is 185 Å². The first kappa shape index (κ1) is 20.3. The van der Waals surface area contributed by atoms with Crippen LogP contribution in [0.15, 0.2) is 107 Å². The summed E-state index contributed by atoms with van der Waals surface area (Å²) in [6.07, 6.45) is 3.55. The van der Waals surface area contributed by atoms with E-state index in [4.69, 9.17) is 10.4 Å². The monoisotopic (exact) mass is 420 g/mol. The molecule has 5 heteroatoms. The molecule has 150 valence electrons. The molecule has 3 aromatic carbocycles. The zero-order valence-corrected chi connectivity index (χ0v) is 17.7. The van der Waals surface area contributed by atoms with Gasteiger partial charge in [0, 0.05) is 10.9 Å². The normalized spacial score (nSPS) is 11.5. The summed E-state index contributed by atoms with van der Waals surface area (Å²) in [7, 11) is 0. The van der Waals surface area contributed by atoms with Crippen LogP contribution in [0.25, 0.3) is 22.4 Å². The Bertz CT molecular complexity index is 1300. The van der Waals surface area contributed by atoms with Gasteiger partial charge in [-0.15, -0.1) is 17.9 Å². The molecule has 0 aliphatic rings. The van der Waals surface area contributed by atoms with Gasteiger partial charge in [0.05, 0.1) is 30.1 Å². The molecule has 0 bridgehead atoms. The fraction of sp³-hybridized carbons (Fsp3) is 0.0385. The third-order valence-electron chi connectivity index (χ3n) is 4.69. The summed E-state index contributed by atoms with van der Waals surface area (Å²) < 4.78 is 1.85. The van der Waals surface area contributed by atoms with E-state index in [0.29, 0.717) is 12.1 Å². The standard InChI is InChI=1S/C26H20N4S/c1-2-16-28-26-30(29-18-21-10-8-20(17-27)9-11-21)25(19-31-26)24-14-12-23(13-15-24)22-6-4-3-5-7-22/h2-15,18-19H,1,16H2. The molecule has 0 saturated heterocycles. The Hall–Kier alpha value is -4.01. The van der Waals surface area contributed by atoms with Gasteiger partial charge in [0.2, 0.25) is 4.80 Å². The molecule has 0 radical (unpaired) electrons. The molecule has 4 nitrogen and oxygen atoms in total. The minimum Gasteiger partial charge on any atom is -0.253 e. The first-order valence-electron chi connectivity index (χ1n) is 9.81. The lowest BCUT2D eigenvalue weighted by Crippen LogP contribution is -2.12. The molecular weight excluding hydrogens is 400 g/mol. The van der Waals surface area contributed by atoms with Crippen molar-refractivity contribution in [3.8, 4) is 28.5 Å². The highest BCUT2D eigenvalue weighted by molar-refractivity contribution is 7.07. The van der Waals surface area contributed by atoms with Crippen molar-refractivity contribution in [2.24, 2.45) is 10.1 Å². The Morgan fingerprint density at radius 2 is 1.58 bits per heavy atom. The van der Waals surface area contributed by atoms with Crippen LogP contribution in [0.4, 0.5) is 0 Å². The maximum absolute atomic E-state index is 8.98. The van der Waals surface area contributed by atoms with E-state index < -0.39 is 0 Å². The Morgan fingerprint density at radius 1 is 0.903 bits per heavy atom. The molecular formula is C26H20N4S. The number of aromatic nitrogens is 1. The molecule has 0 saturated carbocycles. The van der Waals surface area contributed by atoms with E-state index in [1.54, 1.807) is 35.8 Å². The van der Waals surface area contributed by atoms with Crippen LogP contribution in [0.3, 0.4) is 0 Å². The molecule has 0 fully saturated rings. The number of benzene rings is 3. The zero-order chi connectivity index (χ0) is 21.5. The lowest BCUT2D eigenvalue weighted by molar-refractivity contribution is 0.840. The molecule has 0 amide bonds. The maximum atomic E-state index is 8.98. The van der Waals surface area contributed by atoms with Gasteiger partial charge in [0.25, 0.3) is 0 Å². The summed E-state index contributed by atoms with van der Waals surface area (Å²) >= 11 is 1.54. The van der Waals surface area contributed by atoms with E-state index in [1.807, 2.05) is 35.0 Å². The van der Waals surface area contributed by atoms with Crippen LogP contribution in [0.1, 0.15) is 11.1 Å². The Balaban J connectivity index is 1.71. The van der Waals surface area contributed by atoms with Gasteiger partial charge in [-0.2, -0.15) is 10.4 Å². The summed E-state index contributed by atoms with van der Waals surface area (Å²) in [5.41, 5.74) is 5.93. The molecule has 0 N–H and O–H groups in total. The lowest BCUT2D eigenvalue weighted by atomic mass is 10.0. The fourth-order valence-corrected chi connectivity index (χ4v) is 3.94. The second-order valence-corrected chi connectivity index (χ2v) is 7.60. The maximum Gasteiger partial charge on any atom is 0.206 e. The van der Waals surface area contributed by atoms with Gasteiger partial charge in [-0.25, -0.2) is 4.68 Å². The van der Waals surface area contributed by atoms with Gasteiger partial charge in [-0.1, -0.05) is 72.8 Å². The van der Waals surface area contributed by atoms with Crippen LogP contribution < -0.4 is 4.80 Å². The zero-order valence-electron chi connectivity index (χ0n) is 16.8. The molecule has 0 unspecified atom stereocenters. The second-order valence-electron chi connectivity index (χ2n) is 6.77. The first-order chi connectivity index (χ1) is 15.3. The predicted octanol–water partition coefficient (Wildman–Crippen LogP) is 5.72. The van der Waals surface area contributed by atoms with Crippen molar-refractivity contribution in [1.82, 2.24) is 4.68 Å². The van der Waals surface area contributed by atoms with Crippen LogP contribution in [-0.2, 0) is 0 Å². The molecule has 0 spiro atoms. The molecule has 0 aliphatic carbocycles. The SMILES string of the molecule is C=CCN=c1scc(-c2ccc(-c3ccccc3)cc2)n1N=Cc1ccc(C#N)cc1. The van der Waals surface area contributed by atoms with Crippen molar-refractivity contribution < 1.29 is 0 Å². The quantitative estimate of drug-likeness (QED) is 0.290. The number of hydrogen-bond acceptors (Lipinski definition) is 4. The topological polar surface area (TPSA) is 53.4 Å². The van der Waals surface area contributed by atoms with Crippen LogP contribution in [0, 0.1) is 11.3 Å². The van der Waals surface area contributed by atoms with Gasteiger partial charge < -0.3 is 0 Å². The first-order valence-corrected chi connectivity index (χ1v) is 10.7. The van der Waals surface area contributed by atoms with Crippen molar-refractivity contribution in [2.45, 2.75) is 0 Å². The number of nitrogens with zero attached hydrogens (tertiary/aromatic N) is 4. The van der Waals surface area contributed by atoms with E-state index in [1.165, 1.54) is 11.1 Å². The van der Waals surface area contributed by atoms with Gasteiger partial charge in [0.1, 0.15) is 0 Å². The Morgan fingerprint density at radius 3 is 2.26 bits per heavy atom. The van der Waals surface area contributed by atoms with E-state index in [0.717, 1.165) is 21.6 Å². The summed E-state index contributed by atoms with van der Waals surface area (Å²) in [6, 6.07) is 28.2. The molecule has 4 rings (SSSR count). The average molecular weight is 421 g/mol. The smallest absolute Gasteiger partial charge is 0.206 e. The molecule has 0 aliphatic heterocycles. The largest absolute Gasteiger partial charge is 0.253 e. The lowest BCUT2D eigenvalue weighted by Gasteiger charge is -2.06. The number of rotatable bonds is 6. The molecule has 31 heavy (non-hydrogen) atoms. The minimum atomic E-state index is 0.527. The van der Waals surface area contributed by atoms with Crippen molar-refractivity contribution in [1.29, 1.82) is 5.26 Å². The summed E-state index contributed by atoms with van der Waals surface area (Å²) in [6.45, 7) is 4.28. The van der Waals surface area contributed by atoms with Crippen molar-refractivity contribution in [3.63, 3.8) is 0 Å². The molecule has 1 aromatic heterocycles. The number of thiazole rings is 1. The Kier molecular flexibility index (Phi) is 6.32. The van der Waals surface area contributed by atoms with E-state index in [2.05, 4.69) is 59.4 Å². The van der Waals surface area contributed by atoms with E-state index >= 15 is 0 Å². The minimum absolute atomic E-state index is 0.527. The highest BCUT2D eigenvalue weighted by Gasteiger charge is 2.08. The van der Waals surface area contributed by atoms with E-state index in [-0.39, 0.29) is 0 Å². The van der Waals surface area contributed by atoms with Crippen LogP contribution in [0.2, 0.25) is 0 Å². The van der Waals surface area contributed by atoms with Gasteiger partial charge in [0.15, 0.2) is 0 Å². The van der Waals surface area contributed by atoms with Gasteiger partial charge in [-0.3, -0.25) is 4.99 Å². The van der Waals surface area contributed by atoms with Crippen LogP contribution in [-0.4, -0.2) is 17.4 Å². The third-order valence-corrected chi connectivity index (χ3v) is 5.54. The molecule has 4 aromatic rings. The van der Waals surface area contributed by atoms with Crippen LogP contribution in [0.5, 0.6) is 0 Å². The highest BCUT2D eigenvalue weighted by atomic mass is 32.1. The van der Waals surface area contributed by atoms with E-state index in [9.17, 15) is 0 Å². The fourth-order valence-electron chi connectivity index (χ4n) is 3.09. The average Bonchev–Trinajstić information content (AvgIpc) is 3.25. The summed E-state index contributed by atoms with van der Waals surface area (Å²) in [5.74, 6) is 0. The third kappa shape index (κ3) is 4.77. The van der Waals surface area contributed by atoms with Gasteiger partial charge >= 0.3 is 0 Å². The predicted molar refractivity (Wildman–Crippen MR) is 128 cm³/mol. The molecule has 0 atom stereocenters. The number of nitriles is 1. The van der Waals surface area contributed by atoms with Crippen molar-refractivity contribution in [3.05, 3.63) is 113 Å². The summed E-state index contributed by atoms with van der Waals surface area (Å²) in [4.78, 5) is 5.38. The summed E-state index contributed by atoms with van der Waals surface area (Å²) in [5, 5.41) is 15.7. The van der Waals surface area contributed by atoms with Crippen molar-refractivity contribution in [2.75, 3.05) is 6.54 Å². The second kappa shape index (κ2) is 9.66. The van der Waals surface area contributed by atoms with Crippen LogP contribution >= 0.6 is 11.3 Å². The van der Waals surface area contributed by atoms with Crippen molar-refractivity contribution >= 4 is 17.6 Å².